The van der Waals surface area contributed by atoms with Crippen molar-refractivity contribution < 1.29 is 27.6 Å². The number of piperazine rings is 1. The number of halogens is 2. The molecule has 1 fully saturated rings. The number of Topliss-reactive ketones (excluding diaryl/α,β-unsaturated/α-hetero) is 1. The van der Waals surface area contributed by atoms with Gasteiger partial charge in [-0.3, -0.25) is 24.1 Å². The number of benzene rings is 3. The number of nitrogens with zero attached hydrogens (tertiary/aromatic N) is 2. The Balaban J connectivity index is 1.29. The van der Waals surface area contributed by atoms with Crippen LogP contribution < -0.4 is 15.4 Å². The molecule has 1 aliphatic rings. The lowest BCUT2D eigenvalue weighted by Crippen LogP contribution is -2.49. The lowest BCUT2D eigenvalue weighted by Gasteiger charge is -2.34. The maximum Gasteiger partial charge on any atom is 0.289 e. The van der Waals surface area contributed by atoms with Gasteiger partial charge in [-0.2, -0.15) is 0 Å². The Labute approximate surface area is 278 Å². The summed E-state index contributed by atoms with van der Waals surface area (Å²) in [4.78, 5) is 54.5. The van der Waals surface area contributed by atoms with Crippen molar-refractivity contribution >= 4 is 56.7 Å². The van der Waals surface area contributed by atoms with Gasteiger partial charge in [0.2, 0.25) is 21.7 Å². The van der Waals surface area contributed by atoms with Gasteiger partial charge in [0.1, 0.15) is 6.04 Å². The van der Waals surface area contributed by atoms with Gasteiger partial charge in [-0.25, -0.2) is 13.1 Å². The van der Waals surface area contributed by atoms with E-state index in [2.05, 4.69) is 20.3 Å². The Morgan fingerprint density at radius 3 is 2.17 bits per heavy atom. The molecule has 0 aliphatic carbocycles. The predicted octanol–water partition coefficient (Wildman–Crippen LogP) is 2.66. The highest BCUT2D eigenvalue weighted by molar-refractivity contribution is 7.89. The molecule has 0 bridgehead atoms. The molecule has 0 unspecified atom stereocenters. The van der Waals surface area contributed by atoms with E-state index in [1.165, 1.54) is 30.3 Å². The molecule has 1 heterocycles. The second-order valence-electron chi connectivity index (χ2n) is 10.8. The van der Waals surface area contributed by atoms with Crippen molar-refractivity contribution in [2.75, 3.05) is 39.3 Å². The number of rotatable bonds is 13. The highest BCUT2D eigenvalue weighted by atomic mass is 35.5. The van der Waals surface area contributed by atoms with Crippen molar-refractivity contribution in [3.05, 3.63) is 99.5 Å². The summed E-state index contributed by atoms with van der Waals surface area (Å²) in [5, 5.41) is 5.41. The molecule has 0 aromatic heterocycles. The van der Waals surface area contributed by atoms with Gasteiger partial charge in [0, 0.05) is 64.2 Å². The molecule has 46 heavy (non-hydrogen) atoms. The molecule has 3 amide bonds. The summed E-state index contributed by atoms with van der Waals surface area (Å²) >= 11 is 12.2. The van der Waals surface area contributed by atoms with E-state index in [0.717, 1.165) is 18.7 Å². The summed E-state index contributed by atoms with van der Waals surface area (Å²) < 4.78 is 28.1. The predicted molar refractivity (Wildman–Crippen MR) is 175 cm³/mol. The SMILES string of the molecule is CC(=O)N1CCN(Cc2ccc(S(=O)(=O)NCCNC(=O)C(=O)[C@H](Cc3ccccc3)NC(=O)c3cc(Cl)ccc3Cl)cc2)CC1. The second kappa shape index (κ2) is 16.1. The first-order valence-corrected chi connectivity index (χ1v) is 16.8. The maximum absolute atomic E-state index is 13.2. The van der Waals surface area contributed by atoms with Crippen LogP contribution in [0.25, 0.3) is 0 Å². The summed E-state index contributed by atoms with van der Waals surface area (Å²) in [7, 11) is -3.88. The van der Waals surface area contributed by atoms with Gasteiger partial charge >= 0.3 is 0 Å². The van der Waals surface area contributed by atoms with Crippen molar-refractivity contribution in [1.29, 1.82) is 0 Å². The quantitative estimate of drug-likeness (QED) is 0.185. The molecule has 3 N–H and O–H groups in total. The minimum atomic E-state index is -3.88. The summed E-state index contributed by atoms with van der Waals surface area (Å²) in [6.45, 7) is 4.66. The maximum atomic E-state index is 13.2. The third kappa shape index (κ3) is 9.84. The summed E-state index contributed by atoms with van der Waals surface area (Å²) in [6.07, 6.45) is 0.0360. The summed E-state index contributed by atoms with van der Waals surface area (Å²) in [5.41, 5.74) is 1.70. The monoisotopic (exact) mass is 687 g/mol. The largest absolute Gasteiger partial charge is 0.348 e. The summed E-state index contributed by atoms with van der Waals surface area (Å²) in [6, 6.07) is 18.5. The zero-order valence-electron chi connectivity index (χ0n) is 25.2. The fraction of sp³-hybridized carbons (Fsp3) is 0.312. The fourth-order valence-corrected chi connectivity index (χ4v) is 6.32. The van der Waals surface area contributed by atoms with Crippen LogP contribution in [0.4, 0.5) is 0 Å². The molecule has 0 spiro atoms. The van der Waals surface area contributed by atoms with Crippen LogP contribution in [0, 0.1) is 0 Å². The standard InChI is InChI=1S/C32H35Cl2N5O6S/c1-22(40)39-17-15-38(16-18-39)21-24-7-10-26(11-8-24)46(44,45)36-14-13-35-32(43)30(41)29(19-23-5-3-2-4-6-23)37-31(42)27-20-25(33)9-12-28(27)34/h2-12,20,29,36H,13-19,21H2,1H3,(H,35,43)(H,37,42)/t29-/m0/s1. The Kier molecular flexibility index (Phi) is 12.3. The van der Waals surface area contributed by atoms with Crippen molar-refractivity contribution in [2.45, 2.75) is 30.8 Å². The van der Waals surface area contributed by atoms with Crippen molar-refractivity contribution in [3.63, 3.8) is 0 Å². The lowest BCUT2D eigenvalue weighted by atomic mass is 10.0. The number of sulfonamides is 1. The molecular formula is C32H35Cl2N5O6S. The number of ketones is 1. The average Bonchev–Trinajstić information content (AvgIpc) is 3.04. The third-order valence-electron chi connectivity index (χ3n) is 7.46. The fourth-order valence-electron chi connectivity index (χ4n) is 4.91. The van der Waals surface area contributed by atoms with E-state index in [4.69, 9.17) is 23.2 Å². The van der Waals surface area contributed by atoms with Gasteiger partial charge in [0.15, 0.2) is 0 Å². The molecule has 1 saturated heterocycles. The second-order valence-corrected chi connectivity index (χ2v) is 13.4. The van der Waals surface area contributed by atoms with E-state index in [1.807, 2.05) is 0 Å². The number of hydrogen-bond acceptors (Lipinski definition) is 7. The molecule has 1 atom stereocenters. The van der Waals surface area contributed by atoms with Crippen LogP contribution in [0.3, 0.4) is 0 Å². The summed E-state index contributed by atoms with van der Waals surface area (Å²) in [5.74, 6) is -2.50. The first-order chi connectivity index (χ1) is 21.9. The normalized spacial score (nSPS) is 14.4. The van der Waals surface area contributed by atoms with Crippen molar-refractivity contribution in [1.82, 2.24) is 25.2 Å². The molecule has 3 aromatic carbocycles. The molecule has 244 valence electrons. The van der Waals surface area contributed by atoms with Crippen LogP contribution >= 0.6 is 23.2 Å². The van der Waals surface area contributed by atoms with Gasteiger partial charge in [-0.05, 0) is 41.5 Å². The third-order valence-corrected chi connectivity index (χ3v) is 9.50. The van der Waals surface area contributed by atoms with Crippen LogP contribution in [0.1, 0.15) is 28.4 Å². The first-order valence-electron chi connectivity index (χ1n) is 14.6. The molecule has 14 heteroatoms. The van der Waals surface area contributed by atoms with E-state index < -0.39 is 33.7 Å². The minimum Gasteiger partial charge on any atom is -0.348 e. The Morgan fingerprint density at radius 1 is 0.848 bits per heavy atom. The van der Waals surface area contributed by atoms with E-state index in [0.29, 0.717) is 25.2 Å². The van der Waals surface area contributed by atoms with E-state index in [9.17, 15) is 27.6 Å². The highest BCUT2D eigenvalue weighted by Gasteiger charge is 2.28. The number of amides is 3. The molecule has 4 rings (SSSR count). The smallest absolute Gasteiger partial charge is 0.289 e. The molecule has 11 nitrogen and oxygen atoms in total. The Hall–Kier alpha value is -3.81. The molecule has 0 radical (unpaired) electrons. The Bertz CT molecular complexity index is 1660. The average molecular weight is 689 g/mol. The van der Waals surface area contributed by atoms with Crippen molar-refractivity contribution in [3.8, 4) is 0 Å². The van der Waals surface area contributed by atoms with Crippen LogP contribution in [0.2, 0.25) is 10.0 Å². The number of carbonyl (C=O) groups excluding carboxylic acids is 4. The van der Waals surface area contributed by atoms with Crippen LogP contribution in [0.15, 0.2) is 77.7 Å². The zero-order chi connectivity index (χ0) is 33.3. The van der Waals surface area contributed by atoms with Gasteiger partial charge in [-0.15, -0.1) is 0 Å². The highest BCUT2D eigenvalue weighted by Crippen LogP contribution is 2.21. The van der Waals surface area contributed by atoms with Crippen LogP contribution in [-0.2, 0) is 37.4 Å². The van der Waals surface area contributed by atoms with Crippen LogP contribution in [0.5, 0.6) is 0 Å². The van der Waals surface area contributed by atoms with Gasteiger partial charge in [0.25, 0.3) is 11.8 Å². The van der Waals surface area contributed by atoms with Gasteiger partial charge in [-0.1, -0.05) is 65.7 Å². The zero-order valence-corrected chi connectivity index (χ0v) is 27.5. The number of nitrogens with one attached hydrogen (secondary N) is 3. The van der Waals surface area contributed by atoms with Crippen LogP contribution in [-0.4, -0.2) is 87.0 Å². The molecule has 0 saturated carbocycles. The van der Waals surface area contributed by atoms with Gasteiger partial charge in [0.05, 0.1) is 15.5 Å². The van der Waals surface area contributed by atoms with Crippen molar-refractivity contribution in [2.24, 2.45) is 0 Å². The Morgan fingerprint density at radius 2 is 1.52 bits per heavy atom. The lowest BCUT2D eigenvalue weighted by molar-refractivity contribution is -0.138. The number of hydrogen-bond donors (Lipinski definition) is 3. The van der Waals surface area contributed by atoms with E-state index in [-0.39, 0.29) is 45.9 Å². The minimum absolute atomic E-state index is 0.0360. The molecule has 1 aliphatic heterocycles. The van der Waals surface area contributed by atoms with E-state index in [1.54, 1.807) is 54.3 Å². The molecule has 3 aromatic rings. The topological polar surface area (TPSA) is 145 Å². The first kappa shape index (κ1) is 35.1. The molecular weight excluding hydrogens is 653 g/mol. The van der Waals surface area contributed by atoms with E-state index >= 15 is 0 Å². The van der Waals surface area contributed by atoms with Gasteiger partial charge < -0.3 is 15.5 Å². The number of carbonyl (C=O) groups is 4.